The van der Waals surface area contributed by atoms with Gasteiger partial charge in [-0.15, -0.1) is 0 Å². The van der Waals surface area contributed by atoms with Crippen molar-refractivity contribution in [1.82, 2.24) is 0 Å². The molecule has 0 amide bonds. The molecule has 0 saturated heterocycles. The van der Waals surface area contributed by atoms with E-state index in [1.165, 1.54) is 25.7 Å². The molecule has 0 radical (unpaired) electrons. The number of carbonyl (C=O) groups excluding carboxylic acids is 2. The molecule has 4 aliphatic rings. The van der Waals surface area contributed by atoms with Gasteiger partial charge in [-0.1, -0.05) is 126 Å². The molecule has 0 aliphatic heterocycles. The van der Waals surface area contributed by atoms with Crippen molar-refractivity contribution in [2.24, 2.45) is 35.5 Å². The summed E-state index contributed by atoms with van der Waals surface area (Å²) >= 11 is 24.8. The third-order valence-corrected chi connectivity index (χ3v) is 23.6. The number of Topliss-reactive ketones (excluding diaryl/α,β-unsaturated/α-hetero) is 2. The quantitative estimate of drug-likeness (QED) is 0.101. The highest BCUT2D eigenvalue weighted by Gasteiger charge is 2.65. The fraction of sp³-hybridized carbons (Fsp3) is 0.944. The Bertz CT molecular complexity index is 968. The number of ketones is 2. The van der Waals surface area contributed by atoms with Crippen LogP contribution in [0, 0.1) is 35.5 Å². The predicted molar refractivity (Wildman–Crippen MR) is 202 cm³/mol. The zero-order chi connectivity index (χ0) is 34.9. The first-order valence-electron chi connectivity index (χ1n) is 18.1. The molecule has 0 bridgehead atoms. The highest BCUT2D eigenvalue weighted by Crippen LogP contribution is 2.61. The van der Waals surface area contributed by atoms with Crippen LogP contribution in [0.1, 0.15) is 119 Å². The van der Waals surface area contributed by atoms with Crippen molar-refractivity contribution in [1.29, 1.82) is 0 Å². The molecular weight excluding hydrogens is 694 g/mol. The maximum atomic E-state index is 11.8. The summed E-state index contributed by atoms with van der Waals surface area (Å²) in [6.45, 7) is 24.6. The minimum Gasteiger partial charge on any atom is -0.417 e. The van der Waals surface area contributed by atoms with Crippen LogP contribution >= 0.6 is 46.4 Å². The third kappa shape index (κ3) is 9.20. The molecule has 4 fully saturated rings. The maximum Gasteiger partial charge on any atom is 0.191 e. The van der Waals surface area contributed by atoms with E-state index in [1.807, 2.05) is 0 Å². The fourth-order valence-electron chi connectivity index (χ4n) is 7.58. The third-order valence-electron chi connectivity index (χ3n) is 12.7. The molecule has 0 aromatic carbocycles. The number of hydrogen-bond acceptors (Lipinski definition) is 4. The van der Waals surface area contributed by atoms with E-state index in [9.17, 15) is 9.59 Å². The van der Waals surface area contributed by atoms with Gasteiger partial charge in [0.25, 0.3) is 0 Å². The first-order chi connectivity index (χ1) is 21.0. The van der Waals surface area contributed by atoms with Gasteiger partial charge in [-0.25, -0.2) is 0 Å². The smallest absolute Gasteiger partial charge is 0.191 e. The summed E-state index contributed by atoms with van der Waals surface area (Å²) in [5.41, 5.74) is 0. The van der Waals surface area contributed by atoms with Crippen molar-refractivity contribution in [3.05, 3.63) is 0 Å². The summed E-state index contributed by atoms with van der Waals surface area (Å²) in [6, 6.07) is 0. The Kier molecular flexibility index (Phi) is 14.0. The number of unbranched alkanes of at least 4 members (excludes halogenated alkanes) is 4. The Morgan fingerprint density at radius 1 is 0.587 bits per heavy atom. The lowest BCUT2D eigenvalue weighted by Gasteiger charge is -2.44. The monoisotopic (exact) mass is 756 g/mol. The van der Waals surface area contributed by atoms with Gasteiger partial charge < -0.3 is 8.85 Å². The fourth-order valence-corrected chi connectivity index (χ4v) is 11.6. The van der Waals surface area contributed by atoms with Crippen LogP contribution in [-0.4, -0.2) is 50.1 Å². The van der Waals surface area contributed by atoms with E-state index in [-0.39, 0.29) is 45.3 Å². The standard InChI is InChI=1S/2C18H32Cl2O2Si/c2*1-17(2,3)23(4,5)22-12-8-6-7-9-13-10-11-14-15(13)18(19,20)16(14)21/h2*13-15H,6-12H2,1-5H3. The van der Waals surface area contributed by atoms with Crippen LogP contribution in [0.25, 0.3) is 0 Å². The molecule has 4 saturated carbocycles. The summed E-state index contributed by atoms with van der Waals surface area (Å²) in [5.74, 6) is 1.92. The van der Waals surface area contributed by atoms with Gasteiger partial charge in [0.05, 0.1) is 0 Å². The van der Waals surface area contributed by atoms with Gasteiger partial charge in [0, 0.05) is 36.9 Å². The summed E-state index contributed by atoms with van der Waals surface area (Å²) in [5, 5.41) is 0.569. The molecule has 6 unspecified atom stereocenters. The van der Waals surface area contributed by atoms with Gasteiger partial charge in [0.15, 0.2) is 36.9 Å². The van der Waals surface area contributed by atoms with E-state index < -0.39 is 25.3 Å². The highest BCUT2D eigenvalue weighted by molar-refractivity contribution is 6.74. The molecule has 46 heavy (non-hydrogen) atoms. The molecule has 4 nitrogen and oxygen atoms in total. The molecule has 6 atom stereocenters. The van der Waals surface area contributed by atoms with Gasteiger partial charge in [0.1, 0.15) is 0 Å². The van der Waals surface area contributed by atoms with E-state index in [2.05, 4.69) is 67.7 Å². The predicted octanol–water partition coefficient (Wildman–Crippen LogP) is 11.9. The van der Waals surface area contributed by atoms with Crippen molar-refractivity contribution in [2.45, 2.75) is 164 Å². The number of rotatable bonds is 14. The second-order valence-corrected chi connectivity index (χ2v) is 30.2. The van der Waals surface area contributed by atoms with E-state index in [1.54, 1.807) is 0 Å². The van der Waals surface area contributed by atoms with Crippen LogP contribution in [0.5, 0.6) is 0 Å². The van der Waals surface area contributed by atoms with Crippen molar-refractivity contribution >= 4 is 74.6 Å². The topological polar surface area (TPSA) is 52.6 Å². The minimum absolute atomic E-state index is 0.0658. The Balaban J connectivity index is 0.000000250. The first-order valence-corrected chi connectivity index (χ1v) is 25.4. The summed E-state index contributed by atoms with van der Waals surface area (Å²) in [4.78, 5) is 23.6. The molecule has 268 valence electrons. The van der Waals surface area contributed by atoms with Gasteiger partial charge in [-0.05, 0) is 86.6 Å². The van der Waals surface area contributed by atoms with Gasteiger partial charge in [-0.2, -0.15) is 0 Å². The highest BCUT2D eigenvalue weighted by atomic mass is 35.5. The SMILES string of the molecule is CC(C)(C)[Si](C)(C)OCCCCCC1CCC2C(=O)C(Cl)(Cl)C12.CC(C)(C)[Si](C)(C)OCCCCCC1CCC2C(=O)C(Cl)(Cl)C12. The zero-order valence-corrected chi connectivity index (χ0v) is 35.5. The van der Waals surface area contributed by atoms with Crippen LogP contribution in [-0.2, 0) is 18.4 Å². The Labute approximate surface area is 303 Å². The Hall–Kier alpha value is 0.854. The number of carbonyl (C=O) groups is 2. The molecule has 10 heteroatoms. The van der Waals surface area contributed by atoms with Crippen molar-refractivity contribution in [3.63, 3.8) is 0 Å². The van der Waals surface area contributed by atoms with Gasteiger partial charge in [-0.3, -0.25) is 9.59 Å². The second kappa shape index (κ2) is 15.6. The molecule has 4 aliphatic carbocycles. The number of halogens is 4. The van der Waals surface area contributed by atoms with Crippen molar-refractivity contribution < 1.29 is 18.4 Å². The Morgan fingerprint density at radius 2 is 0.913 bits per heavy atom. The van der Waals surface area contributed by atoms with E-state index in [4.69, 9.17) is 55.3 Å². The largest absolute Gasteiger partial charge is 0.417 e. The van der Waals surface area contributed by atoms with Gasteiger partial charge in [0.2, 0.25) is 0 Å². The summed E-state index contributed by atoms with van der Waals surface area (Å²) in [7, 11) is -3.20. The zero-order valence-electron chi connectivity index (χ0n) is 30.5. The van der Waals surface area contributed by atoms with Crippen molar-refractivity contribution in [2.75, 3.05) is 13.2 Å². The van der Waals surface area contributed by atoms with Crippen LogP contribution in [0.15, 0.2) is 0 Å². The summed E-state index contributed by atoms with van der Waals surface area (Å²) in [6.07, 6.45) is 13.5. The lowest BCUT2D eigenvalue weighted by atomic mass is 9.69. The normalized spacial score (nSPS) is 30.2. The van der Waals surface area contributed by atoms with Crippen LogP contribution < -0.4 is 0 Å². The summed E-state index contributed by atoms with van der Waals surface area (Å²) < 4.78 is 10.3. The lowest BCUT2D eigenvalue weighted by Crippen LogP contribution is -2.55. The maximum absolute atomic E-state index is 11.8. The molecule has 0 spiro atoms. The van der Waals surface area contributed by atoms with E-state index in [0.29, 0.717) is 11.8 Å². The molecule has 0 heterocycles. The van der Waals surface area contributed by atoms with Crippen LogP contribution in [0.2, 0.25) is 36.3 Å². The van der Waals surface area contributed by atoms with E-state index in [0.717, 1.165) is 64.6 Å². The Morgan fingerprint density at radius 3 is 1.22 bits per heavy atom. The number of alkyl halides is 4. The lowest BCUT2D eigenvalue weighted by molar-refractivity contribution is -0.135. The van der Waals surface area contributed by atoms with E-state index >= 15 is 0 Å². The van der Waals surface area contributed by atoms with Crippen LogP contribution in [0.3, 0.4) is 0 Å². The molecule has 4 rings (SSSR count). The number of hydrogen-bond donors (Lipinski definition) is 0. The van der Waals surface area contributed by atoms with Crippen molar-refractivity contribution in [3.8, 4) is 0 Å². The molecule has 0 aromatic rings. The number of fused-ring (bicyclic) bond motifs is 2. The van der Waals surface area contributed by atoms with Crippen LogP contribution in [0.4, 0.5) is 0 Å². The van der Waals surface area contributed by atoms with Gasteiger partial charge >= 0.3 is 0 Å². The minimum atomic E-state index is -1.60. The molecule has 0 aromatic heterocycles. The molecule has 0 N–H and O–H groups in total. The average Bonchev–Trinajstić information content (AvgIpc) is 3.53. The second-order valence-electron chi connectivity index (χ2n) is 17.8. The first kappa shape index (κ1) is 41.3. The molecular formula is C36H64Cl4O4Si2. The average molecular weight is 759 g/mol.